The molecule has 0 radical (unpaired) electrons. The molecule has 9 heteroatoms. The van der Waals surface area contributed by atoms with Crippen LogP contribution in [-0.2, 0) is 0 Å². The van der Waals surface area contributed by atoms with Gasteiger partial charge in [-0.1, -0.05) is 29.3 Å². The first kappa shape index (κ1) is 17.0. The minimum absolute atomic E-state index is 0.0963. The van der Waals surface area contributed by atoms with Gasteiger partial charge in [-0.25, -0.2) is 0 Å². The Balaban J connectivity index is 1.79. The second-order valence-electron chi connectivity index (χ2n) is 4.95. The van der Waals surface area contributed by atoms with E-state index in [-0.39, 0.29) is 5.11 Å². The van der Waals surface area contributed by atoms with E-state index in [1.807, 2.05) is 6.92 Å². The molecular formula is C15H10Cl2N4OS2. The molecule has 5 nitrogen and oxygen atoms in total. The number of hydrogen-bond acceptors (Lipinski definition) is 5. The van der Waals surface area contributed by atoms with E-state index < -0.39 is 5.91 Å². The summed E-state index contributed by atoms with van der Waals surface area (Å²) in [5.41, 5.74) is 3.10. The van der Waals surface area contributed by atoms with Crippen molar-refractivity contribution in [3.8, 4) is 0 Å². The summed E-state index contributed by atoms with van der Waals surface area (Å²) in [5.74, 6) is -0.405. The summed E-state index contributed by atoms with van der Waals surface area (Å²) in [6.07, 6.45) is 0. The van der Waals surface area contributed by atoms with Crippen LogP contribution in [0.4, 0.5) is 5.69 Å². The Morgan fingerprint density at radius 1 is 1.17 bits per heavy atom. The molecular weight excluding hydrogens is 387 g/mol. The Bertz CT molecular complexity index is 958. The van der Waals surface area contributed by atoms with E-state index in [0.29, 0.717) is 32.3 Å². The second-order valence-corrected chi connectivity index (χ2v) is 6.70. The number of aromatic nitrogens is 2. The number of carbonyl (C=O) groups is 1. The number of anilines is 1. The second kappa shape index (κ2) is 6.98. The van der Waals surface area contributed by atoms with Gasteiger partial charge in [0.2, 0.25) is 0 Å². The van der Waals surface area contributed by atoms with Gasteiger partial charge in [0.1, 0.15) is 11.0 Å². The predicted octanol–water partition coefficient (Wildman–Crippen LogP) is 4.43. The molecule has 1 amide bonds. The quantitative estimate of drug-likeness (QED) is 0.626. The number of rotatable bonds is 2. The van der Waals surface area contributed by atoms with Gasteiger partial charge >= 0.3 is 0 Å². The molecule has 1 heterocycles. The van der Waals surface area contributed by atoms with E-state index in [1.54, 1.807) is 30.3 Å². The standard InChI is InChI=1S/C15H10Cl2N4OS2/c1-7-2-3-8(10(17)6-7)14(22)19-15(23)18-12-9(16)4-5-11-13(12)21-24-20-11/h2-6H,1H3,(H2,18,19,22,23). The van der Waals surface area contributed by atoms with Crippen molar-refractivity contribution in [3.63, 3.8) is 0 Å². The Kier molecular flexibility index (Phi) is 4.96. The van der Waals surface area contributed by atoms with Crippen LogP contribution in [0.5, 0.6) is 0 Å². The largest absolute Gasteiger partial charge is 0.329 e. The number of nitrogens with one attached hydrogen (secondary N) is 2. The lowest BCUT2D eigenvalue weighted by Crippen LogP contribution is -2.34. The van der Waals surface area contributed by atoms with E-state index in [2.05, 4.69) is 19.4 Å². The molecule has 3 aromatic rings. The molecule has 122 valence electrons. The van der Waals surface area contributed by atoms with Crippen LogP contribution in [-0.4, -0.2) is 19.8 Å². The zero-order valence-corrected chi connectivity index (χ0v) is 15.4. The van der Waals surface area contributed by atoms with Gasteiger partial charge in [0.15, 0.2) is 5.11 Å². The normalized spacial score (nSPS) is 10.6. The molecule has 3 rings (SSSR count). The lowest BCUT2D eigenvalue weighted by Gasteiger charge is -2.12. The Labute approximate surface area is 157 Å². The van der Waals surface area contributed by atoms with Gasteiger partial charge in [-0.2, -0.15) is 8.75 Å². The van der Waals surface area contributed by atoms with Crippen molar-refractivity contribution in [2.45, 2.75) is 6.92 Å². The summed E-state index contributed by atoms with van der Waals surface area (Å²) >= 11 is 18.5. The highest BCUT2D eigenvalue weighted by Crippen LogP contribution is 2.29. The maximum Gasteiger partial charge on any atom is 0.258 e. The summed E-state index contributed by atoms with van der Waals surface area (Å²) in [6.45, 7) is 1.89. The average Bonchev–Trinajstić information content (AvgIpc) is 2.98. The SMILES string of the molecule is Cc1ccc(C(=O)NC(=S)Nc2c(Cl)ccc3nsnc23)c(Cl)c1. The fourth-order valence-electron chi connectivity index (χ4n) is 2.07. The number of benzene rings is 2. The third kappa shape index (κ3) is 3.49. The molecule has 0 atom stereocenters. The third-order valence-electron chi connectivity index (χ3n) is 3.21. The van der Waals surface area contributed by atoms with Crippen molar-refractivity contribution in [1.82, 2.24) is 14.1 Å². The Hall–Kier alpha value is -1.80. The molecule has 24 heavy (non-hydrogen) atoms. The topological polar surface area (TPSA) is 66.9 Å². The van der Waals surface area contributed by atoms with Crippen molar-refractivity contribution in [2.75, 3.05) is 5.32 Å². The molecule has 0 spiro atoms. The summed E-state index contributed by atoms with van der Waals surface area (Å²) in [5, 5.41) is 6.37. The number of thiocarbonyl (C=S) groups is 1. The van der Waals surface area contributed by atoms with Crippen LogP contribution in [0, 0.1) is 6.92 Å². The zero-order chi connectivity index (χ0) is 17.3. The van der Waals surface area contributed by atoms with Crippen molar-refractivity contribution >= 4 is 74.9 Å². The summed E-state index contributed by atoms with van der Waals surface area (Å²) in [7, 11) is 0. The number of halogens is 2. The van der Waals surface area contributed by atoms with Crippen LogP contribution < -0.4 is 10.6 Å². The maximum absolute atomic E-state index is 12.3. The van der Waals surface area contributed by atoms with Gasteiger partial charge in [0, 0.05) is 0 Å². The lowest BCUT2D eigenvalue weighted by molar-refractivity contribution is 0.0978. The van der Waals surface area contributed by atoms with Crippen LogP contribution >= 0.6 is 47.1 Å². The highest BCUT2D eigenvalue weighted by Gasteiger charge is 2.15. The van der Waals surface area contributed by atoms with E-state index in [4.69, 9.17) is 35.4 Å². The van der Waals surface area contributed by atoms with Crippen molar-refractivity contribution in [3.05, 3.63) is 51.5 Å². The van der Waals surface area contributed by atoms with Gasteiger partial charge in [0.25, 0.3) is 5.91 Å². The van der Waals surface area contributed by atoms with E-state index in [0.717, 1.165) is 17.3 Å². The summed E-state index contributed by atoms with van der Waals surface area (Å²) in [4.78, 5) is 12.3. The Morgan fingerprint density at radius 3 is 2.71 bits per heavy atom. The first-order valence-electron chi connectivity index (χ1n) is 6.75. The van der Waals surface area contributed by atoms with Crippen LogP contribution in [0.1, 0.15) is 15.9 Å². The smallest absolute Gasteiger partial charge is 0.258 e. The first-order chi connectivity index (χ1) is 11.5. The van der Waals surface area contributed by atoms with E-state index in [9.17, 15) is 4.79 Å². The van der Waals surface area contributed by atoms with Crippen molar-refractivity contribution in [1.29, 1.82) is 0 Å². The maximum atomic E-state index is 12.3. The van der Waals surface area contributed by atoms with Crippen LogP contribution in [0.25, 0.3) is 11.0 Å². The molecule has 0 aliphatic carbocycles. The van der Waals surface area contributed by atoms with Crippen LogP contribution in [0.15, 0.2) is 30.3 Å². The number of hydrogen-bond donors (Lipinski definition) is 2. The van der Waals surface area contributed by atoms with Crippen molar-refractivity contribution < 1.29 is 4.79 Å². The van der Waals surface area contributed by atoms with Crippen LogP contribution in [0.2, 0.25) is 10.0 Å². The molecule has 2 aromatic carbocycles. The monoisotopic (exact) mass is 396 g/mol. The molecule has 0 unspecified atom stereocenters. The van der Waals surface area contributed by atoms with Gasteiger partial charge in [0.05, 0.1) is 33.0 Å². The first-order valence-corrected chi connectivity index (χ1v) is 8.64. The molecule has 0 aliphatic heterocycles. The molecule has 0 saturated carbocycles. The number of fused-ring (bicyclic) bond motifs is 1. The molecule has 2 N–H and O–H groups in total. The van der Waals surface area contributed by atoms with Crippen LogP contribution in [0.3, 0.4) is 0 Å². The third-order valence-corrected chi connectivity index (χ3v) is 4.59. The zero-order valence-electron chi connectivity index (χ0n) is 12.3. The summed E-state index contributed by atoms with van der Waals surface area (Å²) < 4.78 is 8.32. The van der Waals surface area contributed by atoms with Crippen molar-refractivity contribution in [2.24, 2.45) is 0 Å². The van der Waals surface area contributed by atoms with Gasteiger partial charge < -0.3 is 5.32 Å². The Morgan fingerprint density at radius 2 is 1.96 bits per heavy atom. The minimum atomic E-state index is -0.405. The average molecular weight is 397 g/mol. The molecule has 0 aliphatic rings. The predicted molar refractivity (Wildman–Crippen MR) is 102 cm³/mol. The number of aryl methyl sites for hydroxylation is 1. The fraction of sp³-hybridized carbons (Fsp3) is 0.0667. The molecule has 1 aromatic heterocycles. The highest BCUT2D eigenvalue weighted by atomic mass is 35.5. The van der Waals surface area contributed by atoms with Gasteiger partial charge in [-0.05, 0) is 49.0 Å². The lowest BCUT2D eigenvalue weighted by atomic mass is 10.1. The molecule has 0 fully saturated rings. The molecule has 0 saturated heterocycles. The fourth-order valence-corrected chi connectivity index (χ4v) is 3.32. The molecule has 0 bridgehead atoms. The highest BCUT2D eigenvalue weighted by molar-refractivity contribution is 7.80. The van der Waals surface area contributed by atoms with E-state index in [1.165, 1.54) is 0 Å². The number of nitrogens with zero attached hydrogens (tertiary/aromatic N) is 2. The minimum Gasteiger partial charge on any atom is -0.329 e. The van der Waals surface area contributed by atoms with Gasteiger partial charge in [-0.15, -0.1) is 0 Å². The number of amides is 1. The van der Waals surface area contributed by atoms with E-state index >= 15 is 0 Å². The summed E-state index contributed by atoms with van der Waals surface area (Å²) in [6, 6.07) is 8.62. The number of carbonyl (C=O) groups excluding carboxylic acids is 1. The van der Waals surface area contributed by atoms with Gasteiger partial charge in [-0.3, -0.25) is 10.1 Å².